The Balaban J connectivity index is 1.79. The first-order valence-corrected chi connectivity index (χ1v) is 8.64. The Hall–Kier alpha value is -2.69. The fourth-order valence-corrected chi connectivity index (χ4v) is 2.16. The van der Waals surface area contributed by atoms with E-state index in [-0.39, 0.29) is 18.6 Å². The lowest BCUT2D eigenvalue weighted by molar-refractivity contribution is -0.114. The van der Waals surface area contributed by atoms with Gasteiger partial charge in [0.1, 0.15) is 11.5 Å². The highest BCUT2D eigenvalue weighted by atomic mass is 16.5. The molecule has 2 aromatic carbocycles. The molecule has 1 atom stereocenters. The fourth-order valence-electron chi connectivity index (χ4n) is 2.16. The number of anilines is 2. The van der Waals surface area contributed by atoms with Gasteiger partial charge in [-0.1, -0.05) is 6.92 Å². The van der Waals surface area contributed by atoms with E-state index in [0.717, 1.165) is 29.3 Å². The van der Waals surface area contributed by atoms with Crippen molar-refractivity contribution in [2.75, 3.05) is 23.8 Å². The van der Waals surface area contributed by atoms with Crippen molar-refractivity contribution < 1.29 is 14.3 Å². The number of hydrogen-bond donors (Lipinski definition) is 2. The summed E-state index contributed by atoms with van der Waals surface area (Å²) in [5, 5.41) is 5.94. The zero-order valence-corrected chi connectivity index (χ0v) is 15.0. The van der Waals surface area contributed by atoms with Crippen LogP contribution in [0.3, 0.4) is 0 Å². The van der Waals surface area contributed by atoms with Crippen LogP contribution < -0.4 is 20.1 Å². The summed E-state index contributed by atoms with van der Waals surface area (Å²) in [6.45, 7) is 6.88. The average Bonchev–Trinajstić information content (AvgIpc) is 2.63. The van der Waals surface area contributed by atoms with E-state index in [9.17, 15) is 4.79 Å². The molecule has 2 aromatic rings. The van der Waals surface area contributed by atoms with E-state index in [1.54, 1.807) is 0 Å². The minimum Gasteiger partial charge on any atom is -0.494 e. The van der Waals surface area contributed by atoms with Crippen molar-refractivity contribution in [3.63, 3.8) is 0 Å². The second-order valence-corrected chi connectivity index (χ2v) is 5.72. The molecule has 0 heterocycles. The van der Waals surface area contributed by atoms with Crippen LogP contribution >= 0.6 is 0 Å². The predicted molar refractivity (Wildman–Crippen MR) is 102 cm³/mol. The predicted octanol–water partition coefficient (Wildman–Crippen LogP) is 4.31. The molecular formula is C20H26N2O3. The van der Waals surface area contributed by atoms with Gasteiger partial charge in [0, 0.05) is 11.4 Å². The molecule has 0 bridgehead atoms. The molecule has 2 N–H and O–H groups in total. The van der Waals surface area contributed by atoms with Gasteiger partial charge < -0.3 is 20.1 Å². The third-order valence-corrected chi connectivity index (χ3v) is 3.67. The molecule has 1 amide bonds. The van der Waals surface area contributed by atoms with Crippen molar-refractivity contribution >= 4 is 17.3 Å². The summed E-state index contributed by atoms with van der Waals surface area (Å²) in [5.74, 6) is 1.51. The second kappa shape index (κ2) is 9.57. The van der Waals surface area contributed by atoms with Crippen LogP contribution in [-0.2, 0) is 4.79 Å². The number of ether oxygens (including phenoxy) is 2. The van der Waals surface area contributed by atoms with E-state index in [0.29, 0.717) is 6.61 Å². The quantitative estimate of drug-likeness (QED) is 0.713. The lowest BCUT2D eigenvalue weighted by Gasteiger charge is -2.13. The largest absolute Gasteiger partial charge is 0.494 e. The van der Waals surface area contributed by atoms with Crippen LogP contribution in [0.15, 0.2) is 48.5 Å². The maximum Gasteiger partial charge on any atom is 0.243 e. The van der Waals surface area contributed by atoms with E-state index in [1.165, 1.54) is 0 Å². The number of nitrogens with one attached hydrogen (secondary N) is 2. The normalized spacial score (nSPS) is 11.5. The number of amides is 1. The van der Waals surface area contributed by atoms with Gasteiger partial charge in [-0.25, -0.2) is 0 Å². The molecule has 0 saturated carbocycles. The van der Waals surface area contributed by atoms with Gasteiger partial charge in [-0.2, -0.15) is 0 Å². The highest BCUT2D eigenvalue weighted by Crippen LogP contribution is 2.18. The fraction of sp³-hybridized carbons (Fsp3) is 0.350. The number of benzene rings is 2. The van der Waals surface area contributed by atoms with Gasteiger partial charge in [0.05, 0.1) is 19.3 Å². The topological polar surface area (TPSA) is 59.6 Å². The Kier molecular flexibility index (Phi) is 7.14. The van der Waals surface area contributed by atoms with Crippen LogP contribution in [0.5, 0.6) is 11.5 Å². The maximum atomic E-state index is 12.0. The number of carbonyl (C=O) groups excluding carboxylic acids is 1. The van der Waals surface area contributed by atoms with Gasteiger partial charge >= 0.3 is 0 Å². The molecule has 0 radical (unpaired) electrons. The summed E-state index contributed by atoms with van der Waals surface area (Å²) in [7, 11) is 0. The van der Waals surface area contributed by atoms with Crippen molar-refractivity contribution in [1.29, 1.82) is 0 Å². The van der Waals surface area contributed by atoms with Gasteiger partial charge in [-0.05, 0) is 68.8 Å². The molecule has 0 aliphatic rings. The summed E-state index contributed by atoms with van der Waals surface area (Å²) in [5.41, 5.74) is 1.62. The SMILES string of the molecule is CCOc1ccc(NC(=O)CNc2ccc(OC(C)CC)cc2)cc1. The number of hydrogen-bond acceptors (Lipinski definition) is 4. The van der Waals surface area contributed by atoms with E-state index in [1.807, 2.05) is 62.4 Å². The average molecular weight is 342 g/mol. The molecule has 0 aliphatic carbocycles. The molecule has 25 heavy (non-hydrogen) atoms. The highest BCUT2D eigenvalue weighted by Gasteiger charge is 2.04. The van der Waals surface area contributed by atoms with Gasteiger partial charge in [0.25, 0.3) is 0 Å². The summed E-state index contributed by atoms with van der Waals surface area (Å²) >= 11 is 0. The lowest BCUT2D eigenvalue weighted by atomic mass is 10.2. The van der Waals surface area contributed by atoms with Gasteiger partial charge in [-0.15, -0.1) is 0 Å². The Morgan fingerprint density at radius 1 is 0.960 bits per heavy atom. The summed E-state index contributed by atoms with van der Waals surface area (Å²) in [6.07, 6.45) is 1.16. The molecular weight excluding hydrogens is 316 g/mol. The minimum atomic E-state index is -0.107. The molecule has 0 saturated heterocycles. The Morgan fingerprint density at radius 2 is 1.56 bits per heavy atom. The van der Waals surface area contributed by atoms with Crippen LogP contribution in [0, 0.1) is 0 Å². The third-order valence-electron chi connectivity index (χ3n) is 3.67. The molecule has 134 valence electrons. The molecule has 0 aliphatic heterocycles. The van der Waals surface area contributed by atoms with E-state index >= 15 is 0 Å². The number of rotatable bonds is 9. The first kappa shape index (κ1) is 18.6. The van der Waals surface area contributed by atoms with Crippen LogP contribution in [0.1, 0.15) is 27.2 Å². The standard InChI is InChI=1S/C20H26N2O3/c1-4-15(3)25-19-12-6-16(7-13-19)21-14-20(23)22-17-8-10-18(11-9-17)24-5-2/h6-13,15,21H,4-5,14H2,1-3H3,(H,22,23). The van der Waals surface area contributed by atoms with Crippen molar-refractivity contribution in [3.05, 3.63) is 48.5 Å². The first-order chi connectivity index (χ1) is 12.1. The molecule has 5 nitrogen and oxygen atoms in total. The highest BCUT2D eigenvalue weighted by molar-refractivity contribution is 5.93. The minimum absolute atomic E-state index is 0.107. The van der Waals surface area contributed by atoms with Crippen molar-refractivity contribution in [1.82, 2.24) is 0 Å². The zero-order chi connectivity index (χ0) is 18.1. The summed E-state index contributed by atoms with van der Waals surface area (Å²) < 4.78 is 11.1. The second-order valence-electron chi connectivity index (χ2n) is 5.72. The van der Waals surface area contributed by atoms with Crippen LogP contribution in [0.25, 0.3) is 0 Å². The van der Waals surface area contributed by atoms with E-state index in [2.05, 4.69) is 17.6 Å². The molecule has 0 aromatic heterocycles. The van der Waals surface area contributed by atoms with Gasteiger partial charge in [0.2, 0.25) is 5.91 Å². The maximum absolute atomic E-state index is 12.0. The molecule has 0 fully saturated rings. The molecule has 1 unspecified atom stereocenters. The lowest BCUT2D eigenvalue weighted by Crippen LogP contribution is -2.21. The molecule has 5 heteroatoms. The monoisotopic (exact) mass is 342 g/mol. The van der Waals surface area contributed by atoms with Crippen LogP contribution in [0.4, 0.5) is 11.4 Å². The van der Waals surface area contributed by atoms with Gasteiger partial charge in [-0.3, -0.25) is 4.79 Å². The third kappa shape index (κ3) is 6.37. The van der Waals surface area contributed by atoms with Crippen LogP contribution in [0.2, 0.25) is 0 Å². The number of carbonyl (C=O) groups is 1. The summed E-state index contributed by atoms with van der Waals surface area (Å²) in [4.78, 5) is 12.0. The smallest absolute Gasteiger partial charge is 0.243 e. The van der Waals surface area contributed by atoms with E-state index < -0.39 is 0 Å². The molecule has 2 rings (SSSR count). The van der Waals surface area contributed by atoms with Crippen molar-refractivity contribution in [2.45, 2.75) is 33.3 Å². The van der Waals surface area contributed by atoms with Crippen LogP contribution in [-0.4, -0.2) is 25.2 Å². The first-order valence-electron chi connectivity index (χ1n) is 8.64. The zero-order valence-electron chi connectivity index (χ0n) is 15.0. The van der Waals surface area contributed by atoms with Crippen molar-refractivity contribution in [3.8, 4) is 11.5 Å². The van der Waals surface area contributed by atoms with Crippen molar-refractivity contribution in [2.24, 2.45) is 0 Å². The van der Waals surface area contributed by atoms with E-state index in [4.69, 9.17) is 9.47 Å². The Morgan fingerprint density at radius 3 is 2.16 bits per heavy atom. The van der Waals surface area contributed by atoms with Gasteiger partial charge in [0.15, 0.2) is 0 Å². The Bertz CT molecular complexity index is 654. The summed E-state index contributed by atoms with van der Waals surface area (Å²) in [6, 6.07) is 14.9. The molecule has 0 spiro atoms. The Labute approximate surface area is 149 Å².